The van der Waals surface area contributed by atoms with E-state index < -0.39 is 0 Å². The number of hydrogen-bond acceptors (Lipinski definition) is 4. The lowest BCUT2D eigenvalue weighted by atomic mass is 10.0. The zero-order valence-electron chi connectivity index (χ0n) is 17.5. The Kier molecular flexibility index (Phi) is 7.40. The van der Waals surface area contributed by atoms with E-state index in [1.807, 2.05) is 24.0 Å². The minimum absolute atomic E-state index is 0.135. The first-order valence-electron chi connectivity index (χ1n) is 10.3. The van der Waals surface area contributed by atoms with Crippen molar-refractivity contribution in [1.82, 2.24) is 14.7 Å². The lowest BCUT2D eigenvalue weighted by Gasteiger charge is -2.38. The van der Waals surface area contributed by atoms with Gasteiger partial charge in [0.15, 0.2) is 0 Å². The number of nitrogens with zero attached hydrogens (tertiary/aromatic N) is 3. The van der Waals surface area contributed by atoms with Gasteiger partial charge in [0, 0.05) is 43.2 Å². The normalized spacial score (nSPS) is 20.5. The Morgan fingerprint density at radius 1 is 1.17 bits per heavy atom. The van der Waals surface area contributed by atoms with Crippen molar-refractivity contribution in [3.8, 4) is 5.75 Å². The summed E-state index contributed by atoms with van der Waals surface area (Å²) in [6.45, 7) is 8.01. The van der Waals surface area contributed by atoms with Crippen LogP contribution in [0.15, 0.2) is 16.6 Å². The number of rotatable bonds is 4. The molecule has 3 amide bonds. The van der Waals surface area contributed by atoms with Gasteiger partial charge in [0.2, 0.25) is 5.91 Å². The molecular formula is C21H31BrN4O3. The number of piperidine rings is 1. The quantitative estimate of drug-likeness (QED) is 0.738. The Balaban J connectivity index is 1.52. The molecule has 1 aromatic carbocycles. The maximum atomic E-state index is 12.7. The lowest BCUT2D eigenvalue weighted by molar-refractivity contribution is -0.136. The van der Waals surface area contributed by atoms with Crippen molar-refractivity contribution in [2.45, 2.75) is 39.2 Å². The summed E-state index contributed by atoms with van der Waals surface area (Å²) in [6, 6.07) is 3.99. The van der Waals surface area contributed by atoms with E-state index in [0.29, 0.717) is 50.2 Å². The number of carbonyl (C=O) groups is 2. The number of benzene rings is 1. The number of ether oxygens (including phenoxy) is 1. The molecule has 1 aromatic rings. The second-order valence-electron chi connectivity index (χ2n) is 7.93. The van der Waals surface area contributed by atoms with Gasteiger partial charge < -0.3 is 19.9 Å². The molecule has 1 atom stereocenters. The number of hydrogen-bond donors (Lipinski definition) is 1. The van der Waals surface area contributed by atoms with Crippen molar-refractivity contribution in [3.05, 3.63) is 22.2 Å². The molecule has 0 aliphatic carbocycles. The number of anilines is 1. The third-order valence-corrected chi connectivity index (χ3v) is 6.32. The molecular weight excluding hydrogens is 436 g/mol. The maximum Gasteiger partial charge on any atom is 0.322 e. The average molecular weight is 467 g/mol. The van der Waals surface area contributed by atoms with Crippen LogP contribution < -0.4 is 10.1 Å². The summed E-state index contributed by atoms with van der Waals surface area (Å²) < 4.78 is 6.32. The summed E-state index contributed by atoms with van der Waals surface area (Å²) >= 11 is 3.45. The lowest BCUT2D eigenvalue weighted by Crippen LogP contribution is -2.53. The number of halogens is 1. The second-order valence-corrected chi connectivity index (χ2v) is 8.84. The van der Waals surface area contributed by atoms with E-state index in [2.05, 4.69) is 33.1 Å². The van der Waals surface area contributed by atoms with E-state index in [4.69, 9.17) is 4.74 Å². The highest BCUT2D eigenvalue weighted by Gasteiger charge is 2.27. The van der Waals surface area contributed by atoms with Gasteiger partial charge in [-0.05, 0) is 50.8 Å². The topological polar surface area (TPSA) is 65.1 Å². The largest absolute Gasteiger partial charge is 0.495 e. The number of aryl methyl sites for hydroxylation is 1. The van der Waals surface area contributed by atoms with E-state index in [9.17, 15) is 9.59 Å². The van der Waals surface area contributed by atoms with Crippen LogP contribution in [-0.2, 0) is 4.79 Å². The van der Waals surface area contributed by atoms with Crippen molar-refractivity contribution >= 4 is 33.6 Å². The van der Waals surface area contributed by atoms with Crippen LogP contribution in [0.4, 0.5) is 10.5 Å². The van der Waals surface area contributed by atoms with E-state index >= 15 is 0 Å². The Bertz CT molecular complexity index is 750. The molecule has 2 aliphatic rings. The molecule has 0 spiro atoms. The van der Waals surface area contributed by atoms with Gasteiger partial charge in [0.05, 0.1) is 19.3 Å². The molecule has 8 heteroatoms. The minimum Gasteiger partial charge on any atom is -0.495 e. The maximum absolute atomic E-state index is 12.7. The average Bonchev–Trinajstić information content (AvgIpc) is 2.70. The fourth-order valence-corrected chi connectivity index (χ4v) is 4.63. The molecule has 2 fully saturated rings. The second kappa shape index (κ2) is 9.80. The van der Waals surface area contributed by atoms with Crippen LogP contribution in [0.1, 0.15) is 31.7 Å². The number of amides is 3. The molecule has 160 valence electrons. The van der Waals surface area contributed by atoms with Gasteiger partial charge in [-0.2, -0.15) is 0 Å². The molecule has 0 aromatic heterocycles. The van der Waals surface area contributed by atoms with Gasteiger partial charge in [-0.25, -0.2) is 4.79 Å². The molecule has 1 unspecified atom stereocenters. The van der Waals surface area contributed by atoms with Gasteiger partial charge in [-0.1, -0.05) is 15.9 Å². The standard InChI is InChI=1S/C21H31BrN4O3/c1-15-12-17(22)13-18(29-3)20(15)23-21(28)25-10-8-24(9-11-25)14-19(27)26-7-5-4-6-16(26)2/h12-13,16H,4-11,14H2,1-3H3,(H,23,28). The van der Waals surface area contributed by atoms with Crippen LogP contribution in [0.5, 0.6) is 5.75 Å². The molecule has 0 saturated carbocycles. The Morgan fingerprint density at radius 3 is 2.55 bits per heavy atom. The molecule has 0 radical (unpaired) electrons. The van der Waals surface area contributed by atoms with Gasteiger partial charge in [-0.3, -0.25) is 9.69 Å². The third kappa shape index (κ3) is 5.42. The summed E-state index contributed by atoms with van der Waals surface area (Å²) in [4.78, 5) is 31.4. The Morgan fingerprint density at radius 2 is 1.90 bits per heavy atom. The number of likely N-dealkylation sites (tertiary alicyclic amines) is 1. The number of methoxy groups -OCH3 is 1. The predicted octanol–water partition coefficient (Wildman–Crippen LogP) is 3.32. The predicted molar refractivity (Wildman–Crippen MR) is 117 cm³/mol. The Hall–Kier alpha value is -1.80. The SMILES string of the molecule is COc1cc(Br)cc(C)c1NC(=O)N1CCN(CC(=O)N2CCCCC2C)CC1. The van der Waals surface area contributed by atoms with Gasteiger partial charge in [0.25, 0.3) is 0 Å². The van der Waals surface area contributed by atoms with Crippen LogP contribution >= 0.6 is 15.9 Å². The van der Waals surface area contributed by atoms with Gasteiger partial charge in [-0.15, -0.1) is 0 Å². The summed E-state index contributed by atoms with van der Waals surface area (Å²) in [7, 11) is 1.59. The zero-order valence-corrected chi connectivity index (χ0v) is 19.1. The summed E-state index contributed by atoms with van der Waals surface area (Å²) in [6.07, 6.45) is 3.41. The summed E-state index contributed by atoms with van der Waals surface area (Å²) in [5.41, 5.74) is 1.63. The fourth-order valence-electron chi connectivity index (χ4n) is 4.08. The Labute approximate surface area is 181 Å². The van der Waals surface area contributed by atoms with Crippen LogP contribution in [0.3, 0.4) is 0 Å². The first-order valence-corrected chi connectivity index (χ1v) is 11.1. The number of urea groups is 1. The molecule has 2 heterocycles. The number of carbonyl (C=O) groups excluding carboxylic acids is 2. The van der Waals surface area contributed by atoms with E-state index in [0.717, 1.165) is 29.4 Å². The van der Waals surface area contributed by atoms with Crippen LogP contribution in [0, 0.1) is 6.92 Å². The van der Waals surface area contributed by atoms with Crippen LogP contribution in [0.25, 0.3) is 0 Å². The molecule has 7 nitrogen and oxygen atoms in total. The van der Waals surface area contributed by atoms with Crippen LogP contribution in [-0.4, -0.2) is 79.1 Å². The van der Waals surface area contributed by atoms with Crippen molar-refractivity contribution in [2.75, 3.05) is 51.7 Å². The monoisotopic (exact) mass is 466 g/mol. The molecule has 29 heavy (non-hydrogen) atoms. The zero-order chi connectivity index (χ0) is 21.0. The molecule has 0 bridgehead atoms. The summed E-state index contributed by atoms with van der Waals surface area (Å²) in [5.74, 6) is 0.843. The van der Waals surface area contributed by atoms with Crippen LogP contribution in [0.2, 0.25) is 0 Å². The van der Waals surface area contributed by atoms with E-state index in [1.54, 1.807) is 12.0 Å². The van der Waals surface area contributed by atoms with Crippen molar-refractivity contribution in [1.29, 1.82) is 0 Å². The first kappa shape index (κ1) is 21.9. The first-order chi connectivity index (χ1) is 13.9. The molecule has 3 rings (SSSR count). The number of nitrogens with one attached hydrogen (secondary N) is 1. The number of piperazine rings is 1. The van der Waals surface area contributed by atoms with Gasteiger partial charge in [0.1, 0.15) is 5.75 Å². The van der Waals surface area contributed by atoms with Crippen molar-refractivity contribution in [3.63, 3.8) is 0 Å². The highest BCUT2D eigenvalue weighted by molar-refractivity contribution is 9.10. The fraction of sp³-hybridized carbons (Fsp3) is 0.619. The smallest absolute Gasteiger partial charge is 0.322 e. The van der Waals surface area contributed by atoms with Crippen molar-refractivity contribution < 1.29 is 14.3 Å². The highest BCUT2D eigenvalue weighted by atomic mass is 79.9. The summed E-state index contributed by atoms with van der Waals surface area (Å²) in [5, 5.41) is 2.99. The van der Waals surface area contributed by atoms with E-state index in [1.165, 1.54) is 6.42 Å². The molecule has 1 N–H and O–H groups in total. The van der Waals surface area contributed by atoms with Gasteiger partial charge >= 0.3 is 6.03 Å². The minimum atomic E-state index is -0.135. The third-order valence-electron chi connectivity index (χ3n) is 5.86. The highest BCUT2D eigenvalue weighted by Crippen LogP contribution is 2.32. The van der Waals surface area contributed by atoms with Crippen molar-refractivity contribution in [2.24, 2.45) is 0 Å². The van der Waals surface area contributed by atoms with E-state index in [-0.39, 0.29) is 11.9 Å². The molecule has 2 saturated heterocycles. The molecule has 2 aliphatic heterocycles.